The Hall–Kier alpha value is -1.06. The van der Waals surface area contributed by atoms with Gasteiger partial charge in [0.2, 0.25) is 5.91 Å². The summed E-state index contributed by atoms with van der Waals surface area (Å²) in [5.74, 6) is -0.158. The normalized spacial score (nSPS) is 21.6. The van der Waals surface area contributed by atoms with E-state index in [1.54, 1.807) is 0 Å². The highest BCUT2D eigenvalue weighted by atomic mass is 35.5. The number of amides is 1. The van der Waals surface area contributed by atoms with E-state index in [1.165, 1.54) is 4.90 Å². The summed E-state index contributed by atoms with van der Waals surface area (Å²) in [6, 6.07) is 7.61. The van der Waals surface area contributed by atoms with Crippen LogP contribution in [0.2, 0.25) is 0 Å². The molecule has 0 unspecified atom stereocenters. The summed E-state index contributed by atoms with van der Waals surface area (Å²) in [5, 5.41) is 0. The first kappa shape index (κ1) is 9.02. The van der Waals surface area contributed by atoms with E-state index in [1.807, 2.05) is 24.3 Å². The molecule has 0 aromatic heterocycles. The highest BCUT2D eigenvalue weighted by Gasteiger charge is 2.18. The molecule has 16 heavy (non-hydrogen) atoms. The van der Waals surface area contributed by atoms with Crippen LogP contribution >= 0.6 is 11.6 Å². The first-order valence-electron chi connectivity index (χ1n) is 6.10. The largest absolute Gasteiger partial charge is 0.370 e. The Bertz CT molecular complexity index is 436. The molecule has 1 saturated heterocycles. The van der Waals surface area contributed by atoms with E-state index in [2.05, 4.69) is 0 Å². The number of benzene rings is 1. The third kappa shape index (κ3) is 2.74. The number of alkyl halides is 1. The monoisotopic (exact) mass is 241 g/mol. The van der Waals surface area contributed by atoms with Crippen LogP contribution in [-0.4, -0.2) is 30.5 Å². The molecule has 0 saturated carbocycles. The molecule has 0 atom stereocenters. The van der Waals surface area contributed by atoms with Crippen molar-refractivity contribution in [3.05, 3.63) is 35.4 Å². The van der Waals surface area contributed by atoms with Crippen molar-refractivity contribution < 1.29 is 12.3 Å². The molecule has 3 nitrogen and oxygen atoms in total. The predicted molar refractivity (Wildman–Crippen MR) is 62.2 cm³/mol. The maximum atomic E-state index is 11.8. The zero-order valence-electron chi connectivity index (χ0n) is 10.8. The molecule has 1 aliphatic rings. The second kappa shape index (κ2) is 5.32. The third-order valence-corrected chi connectivity index (χ3v) is 2.77. The molecule has 1 fully saturated rings. The summed E-state index contributed by atoms with van der Waals surface area (Å²) in [6.07, 6.45) is 0. The maximum absolute atomic E-state index is 11.8. The average molecular weight is 242 g/mol. The van der Waals surface area contributed by atoms with Crippen molar-refractivity contribution in [1.82, 2.24) is 4.90 Å². The lowest BCUT2D eigenvalue weighted by Gasteiger charge is -2.26. The summed E-state index contributed by atoms with van der Waals surface area (Å²) in [5.41, 5.74) is 1.97. The molecule has 1 aromatic rings. The van der Waals surface area contributed by atoms with Crippen LogP contribution in [0, 0.1) is 0 Å². The fourth-order valence-electron chi connectivity index (χ4n) is 1.54. The van der Waals surface area contributed by atoms with Crippen LogP contribution in [0.15, 0.2) is 24.3 Å². The van der Waals surface area contributed by atoms with E-state index in [9.17, 15) is 4.79 Å². The van der Waals surface area contributed by atoms with Gasteiger partial charge in [-0.2, -0.15) is 0 Å². The molecule has 0 bridgehead atoms. The van der Waals surface area contributed by atoms with Crippen molar-refractivity contribution in [1.29, 1.82) is 0 Å². The van der Waals surface area contributed by atoms with E-state index in [0.717, 1.165) is 11.1 Å². The lowest BCUT2D eigenvalue weighted by molar-refractivity contribution is -0.143. The molecule has 1 aromatic carbocycles. The van der Waals surface area contributed by atoms with Crippen molar-refractivity contribution in [2.24, 2.45) is 0 Å². The number of carbonyl (C=O) groups is 1. The molecule has 86 valence electrons. The van der Waals surface area contributed by atoms with Gasteiger partial charge in [-0.15, -0.1) is 11.6 Å². The third-order valence-electron chi connectivity index (χ3n) is 2.46. The number of hydrogen-bond donors (Lipinski definition) is 0. The second-order valence-corrected chi connectivity index (χ2v) is 3.89. The molecule has 1 aliphatic heterocycles. The van der Waals surface area contributed by atoms with Gasteiger partial charge in [0.25, 0.3) is 0 Å². The van der Waals surface area contributed by atoms with E-state index >= 15 is 0 Å². The molecule has 0 N–H and O–H groups in total. The van der Waals surface area contributed by atoms with Gasteiger partial charge in [0.1, 0.15) is 6.56 Å². The minimum absolute atomic E-state index is 0.221. The predicted octanol–water partition coefficient (Wildman–Crippen LogP) is 1.78. The fraction of sp³-hybridized carbons (Fsp3) is 0.417. The van der Waals surface area contributed by atoms with E-state index in [4.69, 9.17) is 19.1 Å². The van der Waals surface area contributed by atoms with Gasteiger partial charge in [0.15, 0.2) is 0 Å². The molecular formula is C12H14ClNO2. The zero-order valence-corrected chi connectivity index (χ0v) is 9.54. The number of halogens is 1. The van der Waals surface area contributed by atoms with Crippen LogP contribution in [0.5, 0.6) is 0 Å². The second-order valence-electron chi connectivity index (χ2n) is 3.63. The molecule has 2 rings (SSSR count). The number of ether oxygens (including phenoxy) is 1. The molecule has 1 heterocycles. The Labute approximate surface area is 103 Å². The molecule has 0 radical (unpaired) electrons. The SMILES string of the molecule is [2H]C1([2H])OCCN(Cc2ccc(CCl)cc2)C1=O. The number of carbonyl (C=O) groups excluding carboxylic acids is 1. The van der Waals surface area contributed by atoms with Crippen LogP contribution < -0.4 is 0 Å². The van der Waals surface area contributed by atoms with Crippen molar-refractivity contribution in [3.8, 4) is 0 Å². The number of nitrogens with zero attached hydrogens (tertiary/aromatic N) is 1. The van der Waals surface area contributed by atoms with Gasteiger partial charge in [0.05, 0.1) is 9.35 Å². The highest BCUT2D eigenvalue weighted by Crippen LogP contribution is 2.10. The molecule has 0 aliphatic carbocycles. The average Bonchev–Trinajstić information content (AvgIpc) is 2.36. The van der Waals surface area contributed by atoms with Crippen LogP contribution in [0.4, 0.5) is 0 Å². The van der Waals surface area contributed by atoms with Crippen LogP contribution in [-0.2, 0) is 22.0 Å². The molecule has 1 amide bonds. The summed E-state index contributed by atoms with van der Waals surface area (Å²) < 4.78 is 19.7. The quantitative estimate of drug-likeness (QED) is 0.755. The smallest absolute Gasteiger partial charge is 0.248 e. The summed E-state index contributed by atoms with van der Waals surface area (Å²) in [4.78, 5) is 13.3. The lowest BCUT2D eigenvalue weighted by Crippen LogP contribution is -2.40. The number of morpholine rings is 1. The van der Waals surface area contributed by atoms with Gasteiger partial charge in [0, 0.05) is 19.0 Å². The topological polar surface area (TPSA) is 29.5 Å². The van der Waals surface area contributed by atoms with Crippen molar-refractivity contribution in [2.45, 2.75) is 12.4 Å². The minimum Gasteiger partial charge on any atom is -0.370 e. The number of rotatable bonds is 3. The maximum Gasteiger partial charge on any atom is 0.248 e. The Morgan fingerprint density at radius 1 is 1.38 bits per heavy atom. The van der Waals surface area contributed by atoms with Crippen molar-refractivity contribution in [2.75, 3.05) is 19.7 Å². The Morgan fingerprint density at radius 2 is 2.06 bits per heavy atom. The first-order chi connectivity index (χ1) is 8.53. The Balaban J connectivity index is 2.06. The summed E-state index contributed by atoms with van der Waals surface area (Å²) in [7, 11) is 0. The van der Waals surface area contributed by atoms with E-state index in [0.29, 0.717) is 19.0 Å². The fourth-order valence-corrected chi connectivity index (χ4v) is 1.72. The van der Waals surface area contributed by atoms with Gasteiger partial charge < -0.3 is 9.64 Å². The van der Waals surface area contributed by atoms with E-state index < -0.39 is 12.5 Å². The van der Waals surface area contributed by atoms with Gasteiger partial charge in [-0.25, -0.2) is 0 Å². The standard InChI is InChI=1S/C12H14ClNO2/c13-7-10-1-3-11(4-2-10)8-14-5-6-16-9-12(14)15/h1-4H,5-9H2/i9D2. The molecule has 4 heteroatoms. The summed E-state index contributed by atoms with van der Waals surface area (Å²) >= 11 is 5.70. The van der Waals surface area contributed by atoms with Gasteiger partial charge >= 0.3 is 0 Å². The van der Waals surface area contributed by atoms with Gasteiger partial charge in [-0.3, -0.25) is 4.79 Å². The Morgan fingerprint density at radius 3 is 2.75 bits per heavy atom. The number of hydrogen-bond acceptors (Lipinski definition) is 2. The highest BCUT2D eigenvalue weighted by molar-refractivity contribution is 6.17. The van der Waals surface area contributed by atoms with E-state index in [-0.39, 0.29) is 6.61 Å². The molecular weight excluding hydrogens is 226 g/mol. The zero-order chi connectivity index (χ0) is 13.2. The van der Waals surface area contributed by atoms with Crippen molar-refractivity contribution >= 4 is 17.5 Å². The summed E-state index contributed by atoms with van der Waals surface area (Å²) in [6.45, 7) is -1.17. The van der Waals surface area contributed by atoms with Crippen molar-refractivity contribution in [3.63, 3.8) is 0 Å². The van der Waals surface area contributed by atoms with Crippen LogP contribution in [0.3, 0.4) is 0 Å². The molecule has 0 spiro atoms. The van der Waals surface area contributed by atoms with Gasteiger partial charge in [-0.05, 0) is 11.1 Å². The lowest BCUT2D eigenvalue weighted by atomic mass is 10.1. The minimum atomic E-state index is -2.20. The van der Waals surface area contributed by atoms with Crippen LogP contribution in [0.25, 0.3) is 0 Å². The Kier molecular flexibility index (Phi) is 3.00. The van der Waals surface area contributed by atoms with Crippen LogP contribution in [0.1, 0.15) is 13.9 Å². The first-order valence-corrected chi connectivity index (χ1v) is 5.63. The van der Waals surface area contributed by atoms with Gasteiger partial charge in [-0.1, -0.05) is 24.3 Å².